The number of nitrogens with zero attached hydrogens (tertiary/aromatic N) is 4. The van der Waals surface area contributed by atoms with Gasteiger partial charge in [-0.05, 0) is 31.4 Å². The number of hydrogen-bond acceptors (Lipinski definition) is 3. The third-order valence-electron chi connectivity index (χ3n) is 3.91. The Balaban J connectivity index is 2.43. The number of carbonyl (C=O) groups is 1. The molecule has 0 bridgehead atoms. The predicted octanol–water partition coefficient (Wildman–Crippen LogP) is 3.87. The number of hydrogen-bond donors (Lipinski definition) is 0. The van der Waals surface area contributed by atoms with E-state index in [1.807, 2.05) is 24.1 Å². The number of pyridine rings is 2. The zero-order chi connectivity index (χ0) is 16.8. The first kappa shape index (κ1) is 17.2. The summed E-state index contributed by atoms with van der Waals surface area (Å²) < 4.78 is 0. The second-order valence-electron chi connectivity index (χ2n) is 5.71. The second-order valence-corrected chi connectivity index (χ2v) is 5.71. The Hall–Kier alpha value is -2.17. The molecule has 5 nitrogen and oxygen atoms in total. The molecule has 2 aromatic rings. The molecular formula is C18H26N4O. The van der Waals surface area contributed by atoms with Gasteiger partial charge >= 0.3 is 6.03 Å². The van der Waals surface area contributed by atoms with Gasteiger partial charge in [0.1, 0.15) is 0 Å². The number of urea groups is 1. The Labute approximate surface area is 138 Å². The predicted molar refractivity (Wildman–Crippen MR) is 94.9 cm³/mol. The van der Waals surface area contributed by atoms with E-state index >= 15 is 0 Å². The smallest absolute Gasteiger partial charge is 0.324 e. The van der Waals surface area contributed by atoms with Crippen molar-refractivity contribution in [3.8, 4) is 0 Å². The van der Waals surface area contributed by atoms with Crippen LogP contribution in [0.4, 0.5) is 10.5 Å². The molecule has 0 aliphatic rings. The van der Waals surface area contributed by atoms with Crippen molar-refractivity contribution in [3.05, 3.63) is 30.2 Å². The summed E-state index contributed by atoms with van der Waals surface area (Å²) in [6.45, 7) is 7.81. The maximum Gasteiger partial charge on any atom is 0.324 e. The largest absolute Gasteiger partial charge is 0.324 e. The second kappa shape index (κ2) is 7.90. The van der Waals surface area contributed by atoms with Crippen molar-refractivity contribution in [2.45, 2.75) is 40.0 Å². The van der Waals surface area contributed by atoms with Crippen LogP contribution in [0.2, 0.25) is 0 Å². The van der Waals surface area contributed by atoms with Gasteiger partial charge in [0.25, 0.3) is 0 Å². The lowest BCUT2D eigenvalue weighted by atomic mass is 10.1. The van der Waals surface area contributed by atoms with E-state index in [2.05, 4.69) is 30.7 Å². The van der Waals surface area contributed by atoms with Crippen molar-refractivity contribution in [2.24, 2.45) is 0 Å². The van der Waals surface area contributed by atoms with Crippen LogP contribution >= 0.6 is 0 Å². The van der Waals surface area contributed by atoms with E-state index < -0.39 is 0 Å². The van der Waals surface area contributed by atoms with Gasteiger partial charge in [0.05, 0.1) is 11.2 Å². The zero-order valence-electron chi connectivity index (χ0n) is 14.5. The molecule has 0 aliphatic heterocycles. The third kappa shape index (κ3) is 3.78. The molecule has 2 heterocycles. The monoisotopic (exact) mass is 314 g/mol. The molecule has 0 saturated heterocycles. The molecule has 2 amide bonds. The topological polar surface area (TPSA) is 49.3 Å². The number of carbonyl (C=O) groups excluding carboxylic acids is 1. The summed E-state index contributed by atoms with van der Waals surface area (Å²) in [5.41, 5.74) is 2.74. The Morgan fingerprint density at radius 3 is 2.48 bits per heavy atom. The summed E-state index contributed by atoms with van der Waals surface area (Å²) in [5, 5.41) is 0.911. The van der Waals surface area contributed by atoms with Crippen LogP contribution in [0.25, 0.3) is 10.9 Å². The lowest BCUT2D eigenvalue weighted by molar-refractivity contribution is 0.206. The van der Waals surface area contributed by atoms with Gasteiger partial charge in [-0.2, -0.15) is 0 Å². The van der Waals surface area contributed by atoms with Gasteiger partial charge in [-0.25, -0.2) is 4.79 Å². The lowest BCUT2D eigenvalue weighted by Gasteiger charge is -2.28. The molecule has 0 aliphatic carbocycles. The Bertz CT molecular complexity index is 665. The van der Waals surface area contributed by atoms with Crippen LogP contribution in [0.3, 0.4) is 0 Å². The highest BCUT2D eigenvalue weighted by Gasteiger charge is 2.20. The fraction of sp³-hybridized carbons (Fsp3) is 0.500. The minimum Gasteiger partial charge on any atom is -0.324 e. The molecule has 0 radical (unpaired) electrons. The van der Waals surface area contributed by atoms with Crippen molar-refractivity contribution in [1.82, 2.24) is 14.9 Å². The first-order valence-electron chi connectivity index (χ1n) is 8.38. The van der Waals surface area contributed by atoms with Crippen LogP contribution in [0, 0.1) is 0 Å². The molecule has 0 spiro atoms. The molecule has 0 atom stereocenters. The third-order valence-corrected chi connectivity index (χ3v) is 3.91. The van der Waals surface area contributed by atoms with Gasteiger partial charge in [-0.1, -0.05) is 20.8 Å². The number of amides is 2. The Morgan fingerprint density at radius 1 is 1.17 bits per heavy atom. The van der Waals surface area contributed by atoms with E-state index in [1.54, 1.807) is 17.3 Å². The van der Waals surface area contributed by atoms with Gasteiger partial charge < -0.3 is 4.90 Å². The molecule has 124 valence electrons. The molecular weight excluding hydrogens is 288 g/mol. The molecule has 5 heteroatoms. The van der Waals surface area contributed by atoms with Crippen LogP contribution < -0.4 is 4.90 Å². The fourth-order valence-electron chi connectivity index (χ4n) is 2.72. The molecule has 23 heavy (non-hydrogen) atoms. The summed E-state index contributed by atoms with van der Waals surface area (Å²) in [6, 6.07) is 3.93. The highest BCUT2D eigenvalue weighted by molar-refractivity contribution is 6.01. The van der Waals surface area contributed by atoms with Gasteiger partial charge in [0, 0.05) is 43.6 Å². The molecule has 0 fully saturated rings. The van der Waals surface area contributed by atoms with E-state index in [-0.39, 0.29) is 6.03 Å². The minimum atomic E-state index is 0.0344. The van der Waals surface area contributed by atoms with Crippen LogP contribution in [-0.4, -0.2) is 41.0 Å². The van der Waals surface area contributed by atoms with E-state index in [9.17, 15) is 4.79 Å². The molecule has 0 saturated carbocycles. The molecule has 0 aromatic carbocycles. The van der Waals surface area contributed by atoms with Crippen molar-refractivity contribution >= 4 is 22.6 Å². The summed E-state index contributed by atoms with van der Waals surface area (Å²) in [4.78, 5) is 25.3. The summed E-state index contributed by atoms with van der Waals surface area (Å²) >= 11 is 0. The number of fused-ring (bicyclic) bond motifs is 1. The lowest BCUT2D eigenvalue weighted by Crippen LogP contribution is -2.42. The van der Waals surface area contributed by atoms with Crippen molar-refractivity contribution in [1.29, 1.82) is 0 Å². The maximum atomic E-state index is 12.9. The van der Waals surface area contributed by atoms with Gasteiger partial charge in [0.2, 0.25) is 0 Å². The number of aryl methyl sites for hydroxylation is 1. The normalized spacial score (nSPS) is 10.8. The van der Waals surface area contributed by atoms with Crippen molar-refractivity contribution in [2.75, 3.05) is 25.0 Å². The highest BCUT2D eigenvalue weighted by Crippen LogP contribution is 2.26. The van der Waals surface area contributed by atoms with E-state index in [0.29, 0.717) is 0 Å². The van der Waals surface area contributed by atoms with Crippen molar-refractivity contribution in [3.63, 3.8) is 0 Å². The van der Waals surface area contributed by atoms with E-state index in [4.69, 9.17) is 0 Å². The van der Waals surface area contributed by atoms with Gasteiger partial charge in [-0.3, -0.25) is 14.9 Å². The van der Waals surface area contributed by atoms with Crippen LogP contribution in [0.1, 0.15) is 39.3 Å². The summed E-state index contributed by atoms with van der Waals surface area (Å²) in [5.74, 6) is 0. The van der Waals surface area contributed by atoms with Gasteiger partial charge in [0.15, 0.2) is 0 Å². The standard InChI is InChI=1S/C18H26N4O/c1-5-10-22(11-6-2)18(23)21(4)17-12-14(7-3)20-16-8-9-19-13-15(16)17/h8-9,12-13H,5-7,10-11H2,1-4H3. The fourth-order valence-corrected chi connectivity index (χ4v) is 2.72. The Morgan fingerprint density at radius 2 is 1.87 bits per heavy atom. The minimum absolute atomic E-state index is 0.0344. The summed E-state index contributed by atoms with van der Waals surface area (Å²) in [7, 11) is 1.84. The number of anilines is 1. The average molecular weight is 314 g/mol. The van der Waals surface area contributed by atoms with Crippen LogP contribution in [0.15, 0.2) is 24.5 Å². The SMILES string of the molecule is CCCN(CCC)C(=O)N(C)c1cc(CC)nc2ccncc12. The zero-order valence-corrected chi connectivity index (χ0v) is 14.5. The Kier molecular flexibility index (Phi) is 5.90. The molecule has 2 rings (SSSR count). The van der Waals surface area contributed by atoms with Crippen molar-refractivity contribution < 1.29 is 4.79 Å². The maximum absolute atomic E-state index is 12.9. The number of aromatic nitrogens is 2. The average Bonchev–Trinajstić information content (AvgIpc) is 2.59. The van der Waals surface area contributed by atoms with Crippen LogP contribution in [-0.2, 0) is 6.42 Å². The first-order chi connectivity index (χ1) is 11.1. The number of rotatable bonds is 6. The molecule has 0 unspecified atom stereocenters. The molecule has 2 aromatic heterocycles. The van der Waals surface area contributed by atoms with Gasteiger partial charge in [-0.15, -0.1) is 0 Å². The molecule has 0 N–H and O–H groups in total. The van der Waals surface area contributed by atoms with Crippen LogP contribution in [0.5, 0.6) is 0 Å². The highest BCUT2D eigenvalue weighted by atomic mass is 16.2. The quantitative estimate of drug-likeness (QED) is 0.813. The van der Waals surface area contributed by atoms with E-state index in [0.717, 1.165) is 54.6 Å². The summed E-state index contributed by atoms with van der Waals surface area (Å²) in [6.07, 6.45) is 6.27. The first-order valence-corrected chi connectivity index (χ1v) is 8.38. The van der Waals surface area contributed by atoms with E-state index in [1.165, 1.54) is 0 Å².